The van der Waals surface area contributed by atoms with Gasteiger partial charge in [-0.1, -0.05) is 0 Å². The van der Waals surface area contributed by atoms with Crippen molar-refractivity contribution in [3.05, 3.63) is 0 Å². The monoisotopic (exact) mass is 677 g/mol. The van der Waals surface area contributed by atoms with Crippen LogP contribution in [0.15, 0.2) is 0 Å². The van der Waals surface area contributed by atoms with Gasteiger partial charge in [0.2, 0.25) is 0 Å². The summed E-state index contributed by atoms with van der Waals surface area (Å²) in [6.07, 6.45) is 0. The van der Waals surface area contributed by atoms with Gasteiger partial charge in [-0.3, -0.25) is 0 Å². The van der Waals surface area contributed by atoms with Crippen molar-refractivity contribution < 1.29 is 135 Å². The molecule has 0 aliphatic rings. The summed E-state index contributed by atoms with van der Waals surface area (Å²) in [5.74, 6) is 0. The number of rotatable bonds is 0. The molecule has 0 aromatic rings. The Morgan fingerprint density at radius 3 is 0.385 bits per heavy atom. The number of hydrogen-bond donors (Lipinski definition) is 0. The molecule has 0 aliphatic heterocycles. The number of halogens is 3. The van der Waals surface area contributed by atoms with Gasteiger partial charge in [0.05, 0.1) is 0 Å². The molecule has 0 spiro atoms. The first-order chi connectivity index (χ1) is 5.20. The van der Waals surface area contributed by atoms with E-state index in [4.69, 9.17) is 30.9 Å². The van der Waals surface area contributed by atoms with Crippen molar-refractivity contribution in [3.8, 4) is 0 Å². The van der Waals surface area contributed by atoms with E-state index in [1.54, 1.807) is 0 Å². The largest absolute Gasteiger partial charge is 3.00 e. The fraction of sp³-hybridized carbons (Fsp3) is 0. The zero-order valence-corrected chi connectivity index (χ0v) is 14.3. The van der Waals surface area contributed by atoms with Crippen LogP contribution in [0, 0.1) is 40.4 Å². The Kier molecular flexibility index (Phi) is 39.7. The van der Waals surface area contributed by atoms with E-state index < -0.39 is 63.2 Å². The van der Waals surface area contributed by atoms with Gasteiger partial charge in [-0.05, 0) is 0 Å². The van der Waals surface area contributed by atoms with Gasteiger partial charge in [0, 0.05) is 0 Å². The summed E-state index contributed by atoms with van der Waals surface area (Å²) < 4.78 is 77.2. The molecule has 0 saturated carbocycles. The Labute approximate surface area is 132 Å². The topological polar surface area (TPSA) is 208 Å². The fourth-order valence-corrected chi connectivity index (χ4v) is 0. The van der Waals surface area contributed by atoms with E-state index in [1.807, 2.05) is 0 Å². The van der Waals surface area contributed by atoms with E-state index in [0.717, 1.165) is 0 Å². The summed E-state index contributed by atoms with van der Waals surface area (Å²) in [5, 5.41) is 0. The van der Waals surface area contributed by atoms with Gasteiger partial charge in [-0.15, -0.1) is 0 Å². The van der Waals surface area contributed by atoms with Crippen molar-refractivity contribution in [3.63, 3.8) is 0 Å². The summed E-state index contributed by atoms with van der Waals surface area (Å²) in [4.78, 5) is 0. The van der Waals surface area contributed by atoms with Crippen LogP contribution in [0.4, 0.5) is 0 Å². The maximum Gasteiger partial charge on any atom is 3.00 e. The smallest absolute Gasteiger partial charge is 0.427 e. The zero-order chi connectivity index (χ0) is 10.7. The molecule has 0 heterocycles. The molecule has 9 nitrogen and oxygen atoms in total. The summed E-state index contributed by atoms with van der Waals surface area (Å²) >= 11 is -12.0. The molecule has 0 bridgehead atoms. The second-order valence-corrected chi connectivity index (χ2v) is 3.80. The average molecular weight is 675 g/mol. The molecule has 0 rings (SSSR count). The number of hydrogen-bond acceptors (Lipinski definition) is 9. The van der Waals surface area contributed by atoms with Gasteiger partial charge in [0.15, 0.2) is 0 Å². The van der Waals surface area contributed by atoms with Crippen LogP contribution in [0.1, 0.15) is 0 Å². The third kappa shape index (κ3) is 262. The molecule has 0 saturated heterocycles. The molecule has 13 heteroatoms. The minimum atomic E-state index is -4.01. The second-order valence-electron chi connectivity index (χ2n) is 0.567. The molecule has 0 amide bonds. The Morgan fingerprint density at radius 1 is 0.385 bits per heavy atom. The molecule has 0 N–H and O–H groups in total. The molecule has 0 fully saturated rings. The van der Waals surface area contributed by atoms with Gasteiger partial charge in [0.25, 0.3) is 63.2 Å². The maximum atomic E-state index is 8.57. The summed E-state index contributed by atoms with van der Waals surface area (Å²) in [6.45, 7) is 0. The Hall–Kier alpha value is 3.17. The third-order valence-electron chi connectivity index (χ3n) is 0. The Morgan fingerprint density at radius 2 is 0.385 bits per heavy atom. The second kappa shape index (κ2) is 20.6. The molecule has 81 valence electrons. The first-order valence-corrected chi connectivity index (χ1v) is 9.32. The van der Waals surface area contributed by atoms with E-state index in [2.05, 4.69) is 0 Å². The van der Waals surface area contributed by atoms with E-state index in [-0.39, 0.29) is 40.4 Å². The normalized spacial score (nSPS) is 8.31. The zero-order valence-electron chi connectivity index (χ0n) is 5.22. The van der Waals surface area contributed by atoms with Gasteiger partial charge in [-0.25, -0.2) is 0 Å². The van der Waals surface area contributed by atoms with Crippen molar-refractivity contribution in [2.24, 2.45) is 0 Å². The maximum absolute atomic E-state index is 8.57. The van der Waals surface area contributed by atoms with Gasteiger partial charge < -0.3 is 30.9 Å². The van der Waals surface area contributed by atoms with Crippen LogP contribution in [0.2, 0.25) is 0 Å². The SMILES string of the molecule is [O-][I+2]([O-])[O-].[O-][I+2]([O-])[O-].[O-][I+2]([O-])[O-].[Sm+3]. The summed E-state index contributed by atoms with van der Waals surface area (Å²) in [7, 11) is 0. The summed E-state index contributed by atoms with van der Waals surface area (Å²) in [5.41, 5.74) is 0. The van der Waals surface area contributed by atoms with Crippen molar-refractivity contribution in [1.82, 2.24) is 0 Å². The van der Waals surface area contributed by atoms with Crippen LogP contribution < -0.4 is 94.1 Å². The molecule has 0 unspecified atom stereocenters. The predicted octanol–water partition coefficient (Wildman–Crippen LogP) is -19.7. The average Bonchev–Trinajstić information content (AvgIpc) is 1.54. The fourth-order valence-electron chi connectivity index (χ4n) is 0. The molecule has 0 aromatic carbocycles. The first kappa shape index (κ1) is 25.1. The quantitative estimate of drug-likeness (QED) is 0.223. The van der Waals surface area contributed by atoms with Crippen molar-refractivity contribution in [1.29, 1.82) is 0 Å². The molecule has 0 aliphatic carbocycles. The van der Waals surface area contributed by atoms with Gasteiger partial charge in [-0.2, -0.15) is 0 Å². The third-order valence-corrected chi connectivity index (χ3v) is 0. The Balaban J connectivity index is -0.0000000450. The van der Waals surface area contributed by atoms with Crippen LogP contribution in [0.3, 0.4) is 0 Å². The summed E-state index contributed by atoms with van der Waals surface area (Å²) in [6, 6.07) is 0. The molecular formula is I3O9Sm. The van der Waals surface area contributed by atoms with Crippen LogP contribution >= 0.6 is 0 Å². The van der Waals surface area contributed by atoms with Crippen LogP contribution in [0.25, 0.3) is 0 Å². The minimum Gasteiger partial charge on any atom is -0.427 e. The predicted molar refractivity (Wildman–Crippen MR) is 0 cm³/mol. The van der Waals surface area contributed by atoms with Crippen molar-refractivity contribution in [2.45, 2.75) is 0 Å². The van der Waals surface area contributed by atoms with E-state index in [9.17, 15) is 0 Å². The van der Waals surface area contributed by atoms with E-state index in [1.165, 1.54) is 0 Å². The molecule has 1 radical (unpaired) electrons. The standard InChI is InChI=1S/3IO3.Sm/c3*2-1(3)4;/q3*-1;+3. The Bertz CT molecular complexity index is 43.4. The molecular weight excluding hydrogens is 675 g/mol. The van der Waals surface area contributed by atoms with Gasteiger partial charge >= 0.3 is 40.4 Å². The first-order valence-electron chi connectivity index (χ1n) is 1.39. The van der Waals surface area contributed by atoms with Crippen molar-refractivity contribution >= 4 is 0 Å². The van der Waals surface area contributed by atoms with Gasteiger partial charge in [0.1, 0.15) is 0 Å². The molecule has 13 heavy (non-hydrogen) atoms. The van der Waals surface area contributed by atoms with Crippen molar-refractivity contribution in [2.75, 3.05) is 0 Å². The molecule has 0 aromatic heterocycles. The van der Waals surface area contributed by atoms with Crippen LogP contribution in [-0.4, -0.2) is 0 Å². The molecule has 0 atom stereocenters. The van der Waals surface area contributed by atoms with E-state index in [0.29, 0.717) is 0 Å². The van der Waals surface area contributed by atoms with E-state index >= 15 is 0 Å². The van der Waals surface area contributed by atoms with Crippen LogP contribution in [0.5, 0.6) is 0 Å². The van der Waals surface area contributed by atoms with Crippen LogP contribution in [-0.2, 0) is 0 Å². The minimum absolute atomic E-state index is 0.